The van der Waals surface area contributed by atoms with E-state index >= 15 is 0 Å². The van der Waals surface area contributed by atoms with E-state index in [1.807, 2.05) is 13.8 Å². The second-order valence-electron chi connectivity index (χ2n) is 6.60. The number of rotatable bonds is 8. The molecule has 0 aliphatic rings. The smallest absolute Gasteiger partial charge is 0.261 e. The van der Waals surface area contributed by atoms with Crippen molar-refractivity contribution in [3.8, 4) is 5.75 Å². The Labute approximate surface area is 175 Å². The minimum atomic E-state index is -3.86. The second kappa shape index (κ2) is 9.49. The van der Waals surface area contributed by atoms with Gasteiger partial charge in [0.05, 0.1) is 15.6 Å². The Morgan fingerprint density at radius 1 is 1.07 bits per heavy atom. The van der Waals surface area contributed by atoms with Crippen LogP contribution in [0, 0.1) is 5.92 Å². The van der Waals surface area contributed by atoms with Gasteiger partial charge in [-0.1, -0.05) is 37.0 Å². The summed E-state index contributed by atoms with van der Waals surface area (Å²) in [6.45, 7) is 6.18. The molecule has 28 heavy (non-hydrogen) atoms. The van der Waals surface area contributed by atoms with Gasteiger partial charge < -0.3 is 10.1 Å². The second-order valence-corrected chi connectivity index (χ2v) is 9.13. The molecule has 0 aromatic heterocycles. The fourth-order valence-corrected chi connectivity index (χ4v) is 3.65. The molecule has 2 rings (SSSR count). The molecule has 0 bridgehead atoms. The van der Waals surface area contributed by atoms with E-state index in [1.54, 1.807) is 13.0 Å². The van der Waals surface area contributed by atoms with E-state index in [2.05, 4.69) is 10.0 Å². The first-order valence-corrected chi connectivity index (χ1v) is 10.8. The molecule has 9 heteroatoms. The molecule has 0 saturated heterocycles. The van der Waals surface area contributed by atoms with Crippen molar-refractivity contribution >= 4 is 44.8 Å². The summed E-state index contributed by atoms with van der Waals surface area (Å²) >= 11 is 11.9. The van der Waals surface area contributed by atoms with Gasteiger partial charge in [0.1, 0.15) is 5.75 Å². The number of nitrogens with one attached hydrogen (secondary N) is 2. The van der Waals surface area contributed by atoms with Crippen LogP contribution in [-0.4, -0.2) is 27.0 Å². The normalized spacial score (nSPS) is 12.5. The number of hydrogen-bond acceptors (Lipinski definition) is 4. The van der Waals surface area contributed by atoms with E-state index in [9.17, 15) is 13.2 Å². The van der Waals surface area contributed by atoms with Crippen LogP contribution in [0.2, 0.25) is 10.0 Å². The average Bonchev–Trinajstić information content (AvgIpc) is 2.63. The lowest BCUT2D eigenvalue weighted by atomic mass is 10.2. The first kappa shape index (κ1) is 22.3. The van der Waals surface area contributed by atoms with Gasteiger partial charge in [0.15, 0.2) is 6.10 Å². The van der Waals surface area contributed by atoms with Gasteiger partial charge in [-0.25, -0.2) is 8.42 Å². The summed E-state index contributed by atoms with van der Waals surface area (Å²) in [5, 5.41) is 3.37. The Kier molecular flexibility index (Phi) is 7.57. The molecule has 6 nitrogen and oxygen atoms in total. The molecule has 0 spiro atoms. The Morgan fingerprint density at radius 3 is 2.32 bits per heavy atom. The maximum atomic E-state index is 12.5. The van der Waals surface area contributed by atoms with Crippen molar-refractivity contribution < 1.29 is 17.9 Å². The SMILES string of the molecule is CC(C)CNC(=O)[C@@H](C)Oc1ccc(S(=O)(=O)Nc2cc(Cl)ccc2Cl)cc1. The van der Waals surface area contributed by atoms with E-state index in [0.717, 1.165) is 0 Å². The standard InChI is InChI=1S/C19H22Cl2N2O4S/c1-12(2)11-22-19(24)13(3)27-15-5-7-16(8-6-15)28(25,26)23-18-10-14(20)4-9-17(18)21/h4-10,12-13,23H,11H2,1-3H3,(H,22,24)/t13-/m1/s1. The fourth-order valence-electron chi connectivity index (χ4n) is 2.18. The maximum Gasteiger partial charge on any atom is 0.261 e. The molecule has 2 N–H and O–H groups in total. The van der Waals surface area contributed by atoms with Crippen LogP contribution < -0.4 is 14.8 Å². The van der Waals surface area contributed by atoms with E-state index in [0.29, 0.717) is 23.2 Å². The zero-order chi connectivity index (χ0) is 20.9. The number of amides is 1. The Hall–Kier alpha value is -1.96. The Bertz CT molecular complexity index is 931. The Balaban J connectivity index is 2.06. The number of benzene rings is 2. The van der Waals surface area contributed by atoms with Gasteiger partial charge in [0.25, 0.3) is 15.9 Å². The van der Waals surface area contributed by atoms with Crippen LogP contribution in [0.4, 0.5) is 5.69 Å². The predicted molar refractivity (Wildman–Crippen MR) is 112 cm³/mol. The highest BCUT2D eigenvalue weighted by Gasteiger charge is 2.18. The van der Waals surface area contributed by atoms with E-state index in [1.165, 1.54) is 36.4 Å². The molecule has 152 valence electrons. The van der Waals surface area contributed by atoms with Crippen LogP contribution in [0.5, 0.6) is 5.75 Å². The van der Waals surface area contributed by atoms with E-state index in [4.69, 9.17) is 27.9 Å². The quantitative estimate of drug-likeness (QED) is 0.634. The highest BCUT2D eigenvalue weighted by Crippen LogP contribution is 2.28. The third kappa shape index (κ3) is 6.29. The van der Waals surface area contributed by atoms with Crippen LogP contribution in [0.25, 0.3) is 0 Å². The van der Waals surface area contributed by atoms with Gasteiger partial charge in [0, 0.05) is 11.6 Å². The van der Waals surface area contributed by atoms with Crippen LogP contribution in [0.15, 0.2) is 47.4 Å². The van der Waals surface area contributed by atoms with Gasteiger partial charge >= 0.3 is 0 Å². The molecule has 2 aromatic rings. The first-order chi connectivity index (χ1) is 13.1. The van der Waals surface area contributed by atoms with Crippen molar-refractivity contribution in [3.63, 3.8) is 0 Å². The molecule has 2 aromatic carbocycles. The van der Waals surface area contributed by atoms with Gasteiger partial charge in [-0.05, 0) is 55.3 Å². The topological polar surface area (TPSA) is 84.5 Å². The van der Waals surface area contributed by atoms with Gasteiger partial charge in [-0.15, -0.1) is 0 Å². The van der Waals surface area contributed by atoms with Crippen molar-refractivity contribution in [1.29, 1.82) is 0 Å². The van der Waals surface area contributed by atoms with Crippen molar-refractivity contribution in [2.24, 2.45) is 5.92 Å². The summed E-state index contributed by atoms with van der Waals surface area (Å²) in [5.74, 6) is 0.482. The molecule has 0 fully saturated rings. The highest BCUT2D eigenvalue weighted by molar-refractivity contribution is 7.92. The molecule has 1 amide bonds. The van der Waals surface area contributed by atoms with Gasteiger partial charge in [0.2, 0.25) is 0 Å². The largest absolute Gasteiger partial charge is 0.481 e. The summed E-state index contributed by atoms with van der Waals surface area (Å²) in [4.78, 5) is 12.0. The van der Waals surface area contributed by atoms with Gasteiger partial charge in [-0.3, -0.25) is 9.52 Å². The molecule has 1 atom stereocenters. The lowest BCUT2D eigenvalue weighted by molar-refractivity contribution is -0.127. The molecule has 0 radical (unpaired) electrons. The van der Waals surface area contributed by atoms with Crippen LogP contribution >= 0.6 is 23.2 Å². The monoisotopic (exact) mass is 444 g/mol. The van der Waals surface area contributed by atoms with Gasteiger partial charge in [-0.2, -0.15) is 0 Å². The zero-order valence-corrected chi connectivity index (χ0v) is 18.0. The number of halogens is 2. The first-order valence-electron chi connectivity index (χ1n) is 8.61. The maximum absolute atomic E-state index is 12.5. The number of carbonyl (C=O) groups is 1. The molecule has 0 aliphatic heterocycles. The molecule has 0 aliphatic carbocycles. The van der Waals surface area contributed by atoms with Crippen molar-refractivity contribution in [3.05, 3.63) is 52.5 Å². The summed E-state index contributed by atoms with van der Waals surface area (Å²) < 4.78 is 33.0. The van der Waals surface area contributed by atoms with Crippen molar-refractivity contribution in [1.82, 2.24) is 5.32 Å². The summed E-state index contributed by atoms with van der Waals surface area (Å²) in [5.41, 5.74) is 0.185. The predicted octanol–water partition coefficient (Wildman–Crippen LogP) is 4.33. The highest BCUT2D eigenvalue weighted by atomic mass is 35.5. The number of ether oxygens (including phenoxy) is 1. The minimum Gasteiger partial charge on any atom is -0.481 e. The van der Waals surface area contributed by atoms with E-state index < -0.39 is 16.1 Å². The number of carbonyl (C=O) groups excluding carboxylic acids is 1. The number of anilines is 1. The minimum absolute atomic E-state index is 0.0211. The number of hydrogen-bond donors (Lipinski definition) is 2. The number of sulfonamides is 1. The molecule has 0 saturated carbocycles. The average molecular weight is 445 g/mol. The lowest BCUT2D eigenvalue weighted by Gasteiger charge is -2.16. The Morgan fingerprint density at radius 2 is 1.71 bits per heavy atom. The summed E-state index contributed by atoms with van der Waals surface area (Å²) in [6, 6.07) is 10.2. The third-order valence-corrected chi connectivity index (χ3v) is 5.62. The third-order valence-electron chi connectivity index (χ3n) is 3.67. The van der Waals surface area contributed by atoms with E-state index in [-0.39, 0.29) is 21.5 Å². The zero-order valence-electron chi connectivity index (χ0n) is 15.7. The molecule has 0 unspecified atom stereocenters. The van der Waals surface area contributed by atoms with Crippen LogP contribution in [0.3, 0.4) is 0 Å². The fraction of sp³-hybridized carbons (Fsp3) is 0.316. The summed E-state index contributed by atoms with van der Waals surface area (Å²) in [6.07, 6.45) is -0.704. The van der Waals surface area contributed by atoms with Crippen LogP contribution in [0.1, 0.15) is 20.8 Å². The van der Waals surface area contributed by atoms with Crippen molar-refractivity contribution in [2.75, 3.05) is 11.3 Å². The molecular weight excluding hydrogens is 423 g/mol. The molecular formula is C19H22Cl2N2O4S. The van der Waals surface area contributed by atoms with Crippen molar-refractivity contribution in [2.45, 2.75) is 31.8 Å². The molecule has 0 heterocycles. The summed E-state index contributed by atoms with van der Waals surface area (Å²) in [7, 11) is -3.86. The lowest BCUT2D eigenvalue weighted by Crippen LogP contribution is -2.38. The van der Waals surface area contributed by atoms with Crippen LogP contribution in [-0.2, 0) is 14.8 Å².